The van der Waals surface area contributed by atoms with Crippen molar-refractivity contribution >= 4 is 18.3 Å². The number of amides is 1. The molecule has 24 heavy (non-hydrogen) atoms. The first-order valence-corrected chi connectivity index (χ1v) is 8.11. The Morgan fingerprint density at radius 1 is 1.38 bits per heavy atom. The molecule has 0 radical (unpaired) electrons. The highest BCUT2D eigenvalue weighted by Crippen LogP contribution is 2.33. The highest BCUT2D eigenvalue weighted by molar-refractivity contribution is 5.85. The molecule has 1 amide bonds. The number of ether oxygens (including phenoxy) is 1. The molecule has 1 aromatic rings. The molecule has 1 saturated carbocycles. The quantitative estimate of drug-likeness (QED) is 0.778. The van der Waals surface area contributed by atoms with Gasteiger partial charge in [-0.25, -0.2) is 0 Å². The lowest BCUT2D eigenvalue weighted by Gasteiger charge is -2.24. The van der Waals surface area contributed by atoms with Crippen LogP contribution in [0.2, 0.25) is 0 Å². The van der Waals surface area contributed by atoms with E-state index in [2.05, 4.69) is 10.1 Å². The van der Waals surface area contributed by atoms with Crippen molar-refractivity contribution in [2.75, 3.05) is 6.54 Å². The van der Waals surface area contributed by atoms with Gasteiger partial charge in [0.05, 0.1) is 6.04 Å². The van der Waals surface area contributed by atoms with Crippen molar-refractivity contribution in [3.8, 4) is 5.75 Å². The van der Waals surface area contributed by atoms with E-state index in [1.807, 2.05) is 6.92 Å². The van der Waals surface area contributed by atoms with Gasteiger partial charge in [-0.05, 0) is 37.8 Å². The minimum Gasteiger partial charge on any atom is -0.434 e. The molecular formula is C17H25ClF2N2O2. The van der Waals surface area contributed by atoms with Gasteiger partial charge in [-0.15, -0.1) is 12.4 Å². The lowest BCUT2D eigenvalue weighted by Crippen LogP contribution is -2.37. The van der Waals surface area contributed by atoms with E-state index < -0.39 is 6.61 Å². The molecule has 0 spiro atoms. The Morgan fingerprint density at radius 2 is 2.08 bits per heavy atom. The first kappa shape index (κ1) is 20.6. The van der Waals surface area contributed by atoms with Crippen LogP contribution in [0.5, 0.6) is 5.75 Å². The van der Waals surface area contributed by atoms with Gasteiger partial charge in [0.2, 0.25) is 5.91 Å². The van der Waals surface area contributed by atoms with Gasteiger partial charge in [0, 0.05) is 11.5 Å². The molecule has 0 aromatic heterocycles. The maximum Gasteiger partial charge on any atom is 0.387 e. The highest BCUT2D eigenvalue weighted by Gasteiger charge is 2.33. The second-order valence-electron chi connectivity index (χ2n) is 5.92. The maximum atomic E-state index is 12.5. The van der Waals surface area contributed by atoms with Crippen LogP contribution in [-0.4, -0.2) is 19.1 Å². The van der Waals surface area contributed by atoms with Crippen molar-refractivity contribution in [3.63, 3.8) is 0 Å². The lowest BCUT2D eigenvalue weighted by atomic mass is 9.94. The third-order valence-corrected chi connectivity index (χ3v) is 4.53. The molecule has 0 aliphatic heterocycles. The van der Waals surface area contributed by atoms with Gasteiger partial charge in [0.15, 0.2) is 0 Å². The predicted molar refractivity (Wildman–Crippen MR) is 91.4 cm³/mol. The smallest absolute Gasteiger partial charge is 0.387 e. The normalized spacial score (nSPS) is 21.2. The Hall–Kier alpha value is -1.40. The Bertz CT molecular complexity index is 531. The van der Waals surface area contributed by atoms with E-state index in [0.29, 0.717) is 18.5 Å². The number of hydrogen-bond acceptors (Lipinski definition) is 3. The van der Waals surface area contributed by atoms with Crippen molar-refractivity contribution in [1.82, 2.24) is 5.32 Å². The molecule has 7 heteroatoms. The van der Waals surface area contributed by atoms with Gasteiger partial charge in [-0.1, -0.05) is 31.5 Å². The number of carbonyl (C=O) groups is 1. The van der Waals surface area contributed by atoms with Crippen molar-refractivity contribution in [2.24, 2.45) is 17.6 Å². The summed E-state index contributed by atoms with van der Waals surface area (Å²) >= 11 is 0. The van der Waals surface area contributed by atoms with Gasteiger partial charge in [0.25, 0.3) is 0 Å². The van der Waals surface area contributed by atoms with Crippen molar-refractivity contribution < 1.29 is 18.3 Å². The molecule has 3 atom stereocenters. The molecule has 136 valence electrons. The van der Waals surface area contributed by atoms with Gasteiger partial charge in [-0.3, -0.25) is 4.79 Å². The lowest BCUT2D eigenvalue weighted by molar-refractivity contribution is -0.126. The monoisotopic (exact) mass is 362 g/mol. The van der Waals surface area contributed by atoms with Crippen LogP contribution >= 0.6 is 12.4 Å². The summed E-state index contributed by atoms with van der Waals surface area (Å²) in [7, 11) is 0. The zero-order valence-electron chi connectivity index (χ0n) is 13.7. The molecule has 0 heterocycles. The molecule has 3 N–H and O–H groups in total. The summed E-state index contributed by atoms with van der Waals surface area (Å²) in [6, 6.07) is 6.24. The largest absolute Gasteiger partial charge is 0.434 e. The summed E-state index contributed by atoms with van der Waals surface area (Å²) in [4.78, 5) is 12.5. The number of nitrogens with one attached hydrogen (secondary N) is 1. The van der Waals surface area contributed by atoms with Crippen LogP contribution in [0.1, 0.15) is 44.2 Å². The van der Waals surface area contributed by atoms with Gasteiger partial charge in [-0.2, -0.15) is 8.78 Å². The number of rotatable bonds is 7. The number of para-hydroxylation sites is 1. The van der Waals surface area contributed by atoms with Crippen LogP contribution in [0.25, 0.3) is 0 Å². The summed E-state index contributed by atoms with van der Waals surface area (Å²) in [5.74, 6) is 0.186. The zero-order chi connectivity index (χ0) is 16.8. The summed E-state index contributed by atoms with van der Waals surface area (Å²) < 4.78 is 29.7. The second kappa shape index (κ2) is 9.79. The summed E-state index contributed by atoms with van der Waals surface area (Å²) in [5.41, 5.74) is 6.31. The SMILES string of the molecule is CCC(NC(=O)[C@@H]1CCC[C@@H]1CN)c1ccccc1OC(F)F.Cl. The van der Waals surface area contributed by atoms with Crippen LogP contribution in [0.3, 0.4) is 0 Å². The first-order chi connectivity index (χ1) is 11.1. The third kappa shape index (κ3) is 5.05. The van der Waals surface area contributed by atoms with Gasteiger partial charge < -0.3 is 15.8 Å². The van der Waals surface area contributed by atoms with Crippen molar-refractivity contribution in [2.45, 2.75) is 45.3 Å². The number of halogens is 3. The number of benzene rings is 1. The van der Waals surface area contributed by atoms with E-state index in [1.165, 1.54) is 6.07 Å². The van der Waals surface area contributed by atoms with E-state index >= 15 is 0 Å². The minimum atomic E-state index is -2.89. The predicted octanol–water partition coefficient (Wildman–Crippen LogP) is 3.65. The fraction of sp³-hybridized carbons (Fsp3) is 0.588. The Morgan fingerprint density at radius 3 is 2.71 bits per heavy atom. The fourth-order valence-corrected chi connectivity index (χ4v) is 3.31. The number of nitrogens with two attached hydrogens (primary N) is 1. The summed E-state index contributed by atoms with van der Waals surface area (Å²) in [5, 5.41) is 2.98. The summed E-state index contributed by atoms with van der Waals surface area (Å²) in [6.45, 7) is -0.486. The number of carbonyl (C=O) groups excluding carboxylic acids is 1. The average Bonchev–Trinajstić information content (AvgIpc) is 3.01. The van der Waals surface area contributed by atoms with Crippen LogP contribution in [0.15, 0.2) is 24.3 Å². The first-order valence-electron chi connectivity index (χ1n) is 8.11. The van der Waals surface area contributed by atoms with Crippen LogP contribution in [0.4, 0.5) is 8.78 Å². The maximum absolute atomic E-state index is 12.5. The number of hydrogen-bond donors (Lipinski definition) is 2. The van der Waals surface area contributed by atoms with E-state index in [-0.39, 0.29) is 41.9 Å². The Kier molecular flexibility index (Phi) is 8.42. The number of alkyl halides is 2. The second-order valence-corrected chi connectivity index (χ2v) is 5.92. The van der Waals surface area contributed by atoms with E-state index in [9.17, 15) is 13.6 Å². The molecule has 1 aliphatic rings. The van der Waals surface area contributed by atoms with Crippen LogP contribution < -0.4 is 15.8 Å². The molecule has 2 rings (SSSR count). The van der Waals surface area contributed by atoms with Gasteiger partial charge in [0.1, 0.15) is 5.75 Å². The molecule has 0 saturated heterocycles. The molecule has 1 aliphatic carbocycles. The van der Waals surface area contributed by atoms with E-state index in [1.54, 1.807) is 18.2 Å². The average molecular weight is 363 g/mol. The fourth-order valence-electron chi connectivity index (χ4n) is 3.31. The van der Waals surface area contributed by atoms with Gasteiger partial charge >= 0.3 is 6.61 Å². The molecule has 1 fully saturated rings. The molecule has 1 aromatic carbocycles. The molecule has 1 unspecified atom stereocenters. The highest BCUT2D eigenvalue weighted by atomic mass is 35.5. The zero-order valence-corrected chi connectivity index (χ0v) is 14.5. The van der Waals surface area contributed by atoms with E-state index in [0.717, 1.165) is 19.3 Å². The third-order valence-electron chi connectivity index (χ3n) is 4.53. The Balaban J connectivity index is 0.00000288. The standard InChI is InChI=1S/C17H24F2N2O2.ClH/c1-2-14(13-7-3-4-9-15(13)23-17(18)19)21-16(22)12-8-5-6-11(12)10-20;/h3-4,7,9,11-12,14,17H,2,5-6,8,10,20H2,1H3,(H,21,22);1H/t11-,12-,14?;/m1./s1. The van der Waals surface area contributed by atoms with Crippen molar-refractivity contribution in [3.05, 3.63) is 29.8 Å². The minimum absolute atomic E-state index is 0. The molecular weight excluding hydrogens is 338 g/mol. The molecule has 4 nitrogen and oxygen atoms in total. The molecule has 0 bridgehead atoms. The Labute approximate surface area is 147 Å². The van der Waals surface area contributed by atoms with Crippen LogP contribution in [-0.2, 0) is 4.79 Å². The van der Waals surface area contributed by atoms with Crippen LogP contribution in [0, 0.1) is 11.8 Å². The summed E-state index contributed by atoms with van der Waals surface area (Å²) in [6.07, 6.45) is 3.40. The van der Waals surface area contributed by atoms with E-state index in [4.69, 9.17) is 5.73 Å². The topological polar surface area (TPSA) is 64.4 Å². The van der Waals surface area contributed by atoms with Crippen molar-refractivity contribution in [1.29, 1.82) is 0 Å².